The number of rotatable bonds is 5. The van der Waals surface area contributed by atoms with Gasteiger partial charge in [-0.3, -0.25) is 4.79 Å². The predicted molar refractivity (Wildman–Crippen MR) is 66.7 cm³/mol. The Hall–Kier alpha value is -1.36. The van der Waals surface area contributed by atoms with Gasteiger partial charge in [0.25, 0.3) is 0 Å². The zero-order chi connectivity index (χ0) is 12.1. The fraction of sp³-hybridized carbons (Fsp3) is 0.667. The first-order valence-electron chi connectivity index (χ1n) is 6.32. The number of aryl methyl sites for hydroxylation is 1. The van der Waals surface area contributed by atoms with E-state index in [2.05, 4.69) is 15.7 Å². The lowest BCUT2D eigenvalue weighted by molar-refractivity contribution is -0.116. The van der Waals surface area contributed by atoms with E-state index in [0.29, 0.717) is 12.3 Å². The van der Waals surface area contributed by atoms with Crippen LogP contribution in [0.15, 0.2) is 12.3 Å². The van der Waals surface area contributed by atoms with Crippen LogP contribution in [0.5, 0.6) is 0 Å². The molecule has 1 aliphatic rings. The van der Waals surface area contributed by atoms with Crippen LogP contribution in [0.4, 0.5) is 5.82 Å². The minimum atomic E-state index is 0.0899. The Balaban J connectivity index is 1.76. The summed E-state index contributed by atoms with van der Waals surface area (Å²) in [4.78, 5) is 11.8. The molecule has 1 saturated heterocycles. The third-order valence-corrected chi connectivity index (χ3v) is 3.23. The van der Waals surface area contributed by atoms with Gasteiger partial charge in [-0.25, -0.2) is 4.68 Å². The highest BCUT2D eigenvalue weighted by molar-refractivity contribution is 5.89. The van der Waals surface area contributed by atoms with Gasteiger partial charge in [0.05, 0.1) is 6.20 Å². The fourth-order valence-electron chi connectivity index (χ4n) is 2.19. The second-order valence-corrected chi connectivity index (χ2v) is 4.48. The van der Waals surface area contributed by atoms with Crippen LogP contribution in [0.25, 0.3) is 0 Å². The summed E-state index contributed by atoms with van der Waals surface area (Å²) in [6, 6.07) is 1.83. The van der Waals surface area contributed by atoms with Crippen molar-refractivity contribution in [1.29, 1.82) is 0 Å². The zero-order valence-corrected chi connectivity index (χ0v) is 10.3. The van der Waals surface area contributed by atoms with Gasteiger partial charge in [-0.2, -0.15) is 5.10 Å². The number of nitrogens with one attached hydrogen (secondary N) is 2. The molecule has 1 aliphatic heterocycles. The van der Waals surface area contributed by atoms with E-state index in [1.165, 1.54) is 6.42 Å². The number of carbonyl (C=O) groups is 1. The SMILES string of the molecule is CCn1nccc1NC(=O)CCC1CCNC1. The molecule has 1 fully saturated rings. The molecule has 2 N–H and O–H groups in total. The van der Waals surface area contributed by atoms with Crippen molar-refractivity contribution in [2.45, 2.75) is 32.7 Å². The lowest BCUT2D eigenvalue weighted by Crippen LogP contribution is -2.17. The first-order chi connectivity index (χ1) is 8.29. The maximum absolute atomic E-state index is 11.8. The van der Waals surface area contributed by atoms with E-state index in [9.17, 15) is 4.79 Å². The zero-order valence-electron chi connectivity index (χ0n) is 10.3. The minimum absolute atomic E-state index is 0.0899. The monoisotopic (exact) mass is 236 g/mol. The quantitative estimate of drug-likeness (QED) is 0.808. The summed E-state index contributed by atoms with van der Waals surface area (Å²) in [6.45, 7) is 4.93. The molecule has 94 valence electrons. The Morgan fingerprint density at radius 1 is 1.71 bits per heavy atom. The fourth-order valence-corrected chi connectivity index (χ4v) is 2.19. The molecular weight excluding hydrogens is 216 g/mol. The first kappa shape index (κ1) is 12.1. The number of anilines is 1. The Labute approximate surface area is 102 Å². The Bertz CT molecular complexity index is 368. The van der Waals surface area contributed by atoms with Crippen LogP contribution in [-0.2, 0) is 11.3 Å². The van der Waals surface area contributed by atoms with E-state index < -0.39 is 0 Å². The molecule has 1 unspecified atom stereocenters. The van der Waals surface area contributed by atoms with Crippen LogP contribution >= 0.6 is 0 Å². The first-order valence-corrected chi connectivity index (χ1v) is 6.32. The van der Waals surface area contributed by atoms with Gasteiger partial charge in [0.1, 0.15) is 5.82 Å². The van der Waals surface area contributed by atoms with Crippen molar-refractivity contribution in [2.75, 3.05) is 18.4 Å². The lowest BCUT2D eigenvalue weighted by atomic mass is 10.0. The summed E-state index contributed by atoms with van der Waals surface area (Å²) in [6.07, 6.45) is 4.47. The van der Waals surface area contributed by atoms with E-state index >= 15 is 0 Å². The highest BCUT2D eigenvalue weighted by Crippen LogP contribution is 2.15. The van der Waals surface area contributed by atoms with Gasteiger partial charge >= 0.3 is 0 Å². The number of carbonyl (C=O) groups excluding carboxylic acids is 1. The highest BCUT2D eigenvalue weighted by atomic mass is 16.1. The summed E-state index contributed by atoms with van der Waals surface area (Å²) in [5, 5.41) is 10.3. The van der Waals surface area contributed by atoms with Gasteiger partial charge in [0.15, 0.2) is 0 Å². The maximum Gasteiger partial charge on any atom is 0.225 e. The molecule has 0 aliphatic carbocycles. The summed E-state index contributed by atoms with van der Waals surface area (Å²) < 4.78 is 1.79. The van der Waals surface area contributed by atoms with Crippen LogP contribution < -0.4 is 10.6 Å². The van der Waals surface area contributed by atoms with Gasteiger partial charge in [0.2, 0.25) is 5.91 Å². The van der Waals surface area contributed by atoms with Crippen LogP contribution in [0, 0.1) is 5.92 Å². The predicted octanol–water partition coefficient (Wildman–Crippen LogP) is 1.23. The molecule has 1 aromatic heterocycles. The van der Waals surface area contributed by atoms with Crippen molar-refractivity contribution in [1.82, 2.24) is 15.1 Å². The average Bonchev–Trinajstić information content (AvgIpc) is 2.97. The van der Waals surface area contributed by atoms with Crippen molar-refractivity contribution in [3.05, 3.63) is 12.3 Å². The molecule has 1 aromatic rings. The van der Waals surface area contributed by atoms with E-state index in [0.717, 1.165) is 31.9 Å². The summed E-state index contributed by atoms with van der Waals surface area (Å²) >= 11 is 0. The second kappa shape index (κ2) is 5.82. The number of amides is 1. The second-order valence-electron chi connectivity index (χ2n) is 4.48. The van der Waals surface area contributed by atoms with Crippen molar-refractivity contribution in [2.24, 2.45) is 5.92 Å². The Kier molecular flexibility index (Phi) is 4.14. The van der Waals surface area contributed by atoms with E-state index in [-0.39, 0.29) is 5.91 Å². The minimum Gasteiger partial charge on any atom is -0.316 e. The third-order valence-electron chi connectivity index (χ3n) is 3.23. The van der Waals surface area contributed by atoms with Gasteiger partial charge in [0, 0.05) is 19.0 Å². The van der Waals surface area contributed by atoms with Gasteiger partial charge in [-0.1, -0.05) is 0 Å². The van der Waals surface area contributed by atoms with Crippen molar-refractivity contribution in [3.63, 3.8) is 0 Å². The highest BCUT2D eigenvalue weighted by Gasteiger charge is 2.16. The average molecular weight is 236 g/mol. The molecular formula is C12H20N4O. The summed E-state index contributed by atoms with van der Waals surface area (Å²) in [7, 11) is 0. The van der Waals surface area contributed by atoms with E-state index in [1.54, 1.807) is 10.9 Å². The van der Waals surface area contributed by atoms with E-state index in [1.807, 2.05) is 13.0 Å². The normalized spacial score (nSPS) is 19.5. The molecule has 0 bridgehead atoms. The number of aromatic nitrogens is 2. The molecule has 0 radical (unpaired) electrons. The van der Waals surface area contributed by atoms with Crippen molar-refractivity contribution < 1.29 is 4.79 Å². The van der Waals surface area contributed by atoms with Gasteiger partial charge in [-0.15, -0.1) is 0 Å². The number of hydrogen-bond acceptors (Lipinski definition) is 3. The Morgan fingerprint density at radius 3 is 3.29 bits per heavy atom. The molecule has 1 atom stereocenters. The molecule has 2 heterocycles. The smallest absolute Gasteiger partial charge is 0.225 e. The number of hydrogen-bond donors (Lipinski definition) is 2. The topological polar surface area (TPSA) is 59.0 Å². The largest absolute Gasteiger partial charge is 0.316 e. The lowest BCUT2D eigenvalue weighted by Gasteiger charge is -2.09. The molecule has 0 spiro atoms. The molecule has 2 rings (SSSR count). The standard InChI is InChI=1S/C12H20N4O/c1-2-16-11(6-8-14-16)15-12(17)4-3-10-5-7-13-9-10/h6,8,10,13H,2-5,7,9H2,1H3,(H,15,17). The molecule has 1 amide bonds. The molecule has 5 nitrogen and oxygen atoms in total. The van der Waals surface area contributed by atoms with Gasteiger partial charge < -0.3 is 10.6 Å². The third kappa shape index (κ3) is 3.30. The molecule has 0 saturated carbocycles. The van der Waals surface area contributed by atoms with Gasteiger partial charge in [-0.05, 0) is 38.8 Å². The van der Waals surface area contributed by atoms with Crippen LogP contribution in [0.2, 0.25) is 0 Å². The molecule has 0 aromatic carbocycles. The van der Waals surface area contributed by atoms with Crippen LogP contribution in [-0.4, -0.2) is 28.8 Å². The summed E-state index contributed by atoms with van der Waals surface area (Å²) in [5.74, 6) is 1.55. The maximum atomic E-state index is 11.8. The molecule has 17 heavy (non-hydrogen) atoms. The molecule has 5 heteroatoms. The van der Waals surface area contributed by atoms with E-state index in [4.69, 9.17) is 0 Å². The van der Waals surface area contributed by atoms with Crippen molar-refractivity contribution in [3.8, 4) is 0 Å². The van der Waals surface area contributed by atoms with Crippen LogP contribution in [0.3, 0.4) is 0 Å². The van der Waals surface area contributed by atoms with Crippen molar-refractivity contribution >= 4 is 11.7 Å². The Morgan fingerprint density at radius 2 is 2.59 bits per heavy atom. The van der Waals surface area contributed by atoms with Crippen LogP contribution in [0.1, 0.15) is 26.2 Å². The number of nitrogens with zero attached hydrogens (tertiary/aromatic N) is 2. The summed E-state index contributed by atoms with van der Waals surface area (Å²) in [5.41, 5.74) is 0.